The summed E-state index contributed by atoms with van der Waals surface area (Å²) in [6.07, 6.45) is 5.74. The second kappa shape index (κ2) is 13.1. The molecule has 3 N–H and O–H groups in total. The lowest BCUT2D eigenvalue weighted by Crippen LogP contribution is -2.28. The Labute approximate surface area is 162 Å². The van der Waals surface area contributed by atoms with Crippen LogP contribution >= 0.6 is 0 Å². The molecule has 1 aromatic rings. The van der Waals surface area contributed by atoms with Gasteiger partial charge in [0.25, 0.3) is 5.91 Å². The van der Waals surface area contributed by atoms with E-state index < -0.39 is 5.91 Å². The van der Waals surface area contributed by atoms with E-state index in [-0.39, 0.29) is 5.78 Å². The number of Topliss-reactive ketones (excluding diaryl/α,β-unsaturated/α-hetero) is 1. The molecule has 1 amide bonds. The van der Waals surface area contributed by atoms with Gasteiger partial charge in [-0.2, -0.15) is 0 Å². The van der Waals surface area contributed by atoms with Crippen LogP contribution in [0.1, 0.15) is 51.2 Å². The quantitative estimate of drug-likeness (QED) is 0.280. The lowest BCUT2D eigenvalue weighted by molar-refractivity contribution is -0.124. The van der Waals surface area contributed by atoms with Crippen LogP contribution in [0.2, 0.25) is 0 Å². The Hall–Kier alpha value is -2.18. The van der Waals surface area contributed by atoms with Gasteiger partial charge in [-0.05, 0) is 48.8 Å². The van der Waals surface area contributed by atoms with Crippen molar-refractivity contribution in [1.82, 2.24) is 10.4 Å². The Morgan fingerprint density at radius 1 is 1.19 bits per heavy atom. The zero-order valence-corrected chi connectivity index (χ0v) is 16.8. The van der Waals surface area contributed by atoms with Gasteiger partial charge in [-0.1, -0.05) is 33.3 Å². The third-order valence-electron chi connectivity index (χ3n) is 4.50. The van der Waals surface area contributed by atoms with Crippen molar-refractivity contribution in [3.8, 4) is 0 Å². The van der Waals surface area contributed by atoms with Gasteiger partial charge < -0.3 is 10.2 Å². The first-order valence-corrected chi connectivity index (χ1v) is 9.76. The van der Waals surface area contributed by atoms with Crippen molar-refractivity contribution in [3.63, 3.8) is 0 Å². The van der Waals surface area contributed by atoms with E-state index >= 15 is 0 Å². The van der Waals surface area contributed by atoms with E-state index in [1.165, 1.54) is 6.08 Å². The first-order valence-electron chi connectivity index (χ1n) is 9.76. The van der Waals surface area contributed by atoms with E-state index in [2.05, 4.69) is 31.0 Å². The summed E-state index contributed by atoms with van der Waals surface area (Å²) in [5.74, 6) is -0.366. The number of likely N-dealkylation sites (N-methyl/N-ethyl adjacent to an activating group) is 1. The maximum Gasteiger partial charge on any atom is 0.267 e. The van der Waals surface area contributed by atoms with Crippen LogP contribution in [0.4, 0.5) is 5.69 Å². The predicted molar refractivity (Wildman–Crippen MR) is 110 cm³/mol. The summed E-state index contributed by atoms with van der Waals surface area (Å²) in [5.41, 5.74) is 4.27. The van der Waals surface area contributed by atoms with Gasteiger partial charge in [0.1, 0.15) is 5.78 Å². The average molecular weight is 376 g/mol. The molecule has 0 fully saturated rings. The number of ketones is 1. The molecule has 0 unspecified atom stereocenters. The third-order valence-corrected chi connectivity index (χ3v) is 4.50. The molecule has 0 aliphatic carbocycles. The van der Waals surface area contributed by atoms with Crippen molar-refractivity contribution in [2.75, 3.05) is 31.5 Å². The highest BCUT2D eigenvalue weighted by molar-refractivity contribution is 5.91. The van der Waals surface area contributed by atoms with Crippen LogP contribution in [0.25, 0.3) is 6.08 Å². The van der Waals surface area contributed by atoms with Crippen molar-refractivity contribution in [1.29, 1.82) is 0 Å². The molecular weight excluding hydrogens is 342 g/mol. The molecule has 0 spiro atoms. The van der Waals surface area contributed by atoms with Gasteiger partial charge in [-0.25, -0.2) is 5.48 Å². The summed E-state index contributed by atoms with van der Waals surface area (Å²) in [5, 5.41) is 12.0. The van der Waals surface area contributed by atoms with Crippen LogP contribution in [-0.4, -0.2) is 48.0 Å². The van der Waals surface area contributed by atoms with Crippen molar-refractivity contribution in [2.24, 2.45) is 0 Å². The van der Waals surface area contributed by atoms with Crippen molar-refractivity contribution in [3.05, 3.63) is 35.4 Å². The molecule has 0 aliphatic rings. The zero-order valence-electron chi connectivity index (χ0n) is 16.8. The van der Waals surface area contributed by atoms with Gasteiger partial charge in [-0.3, -0.25) is 14.8 Å². The minimum Gasteiger partial charge on any atom is -0.384 e. The highest BCUT2D eigenvalue weighted by atomic mass is 16.5. The highest BCUT2D eigenvalue weighted by Gasteiger charge is 2.09. The molecule has 6 nitrogen and oxygen atoms in total. The Kier molecular flexibility index (Phi) is 11.1. The second-order valence-electron chi connectivity index (χ2n) is 6.50. The number of amides is 1. The SMILES string of the molecule is CCCCC(=O)Cc1cc(/C=C/C(=O)NO)ccc1NCCN(CC)CC. The van der Waals surface area contributed by atoms with Crippen molar-refractivity contribution in [2.45, 2.75) is 46.5 Å². The fourth-order valence-corrected chi connectivity index (χ4v) is 2.81. The van der Waals surface area contributed by atoms with Crippen LogP contribution in [0.5, 0.6) is 0 Å². The number of carbonyl (C=O) groups excluding carboxylic acids is 2. The zero-order chi connectivity index (χ0) is 20.1. The molecular formula is C21H33N3O3. The number of anilines is 1. The summed E-state index contributed by atoms with van der Waals surface area (Å²) >= 11 is 0. The minimum absolute atomic E-state index is 0.220. The molecule has 0 bridgehead atoms. The number of carbonyl (C=O) groups is 2. The van der Waals surface area contributed by atoms with E-state index in [1.807, 2.05) is 18.2 Å². The maximum atomic E-state index is 12.3. The van der Waals surface area contributed by atoms with E-state index in [1.54, 1.807) is 11.6 Å². The number of nitrogens with zero attached hydrogens (tertiary/aromatic N) is 1. The van der Waals surface area contributed by atoms with E-state index in [0.29, 0.717) is 12.8 Å². The van der Waals surface area contributed by atoms with Crippen LogP contribution < -0.4 is 10.8 Å². The Morgan fingerprint density at radius 2 is 1.93 bits per heavy atom. The van der Waals surface area contributed by atoms with Gasteiger partial charge in [-0.15, -0.1) is 0 Å². The van der Waals surface area contributed by atoms with Gasteiger partial charge in [0, 0.05) is 37.7 Å². The van der Waals surface area contributed by atoms with Crippen LogP contribution in [-0.2, 0) is 16.0 Å². The minimum atomic E-state index is -0.586. The summed E-state index contributed by atoms with van der Waals surface area (Å²) in [6.45, 7) is 10.1. The Morgan fingerprint density at radius 3 is 2.56 bits per heavy atom. The topological polar surface area (TPSA) is 81.7 Å². The molecule has 1 aromatic carbocycles. The molecule has 1 rings (SSSR count). The first kappa shape index (κ1) is 22.9. The number of unbranched alkanes of at least 4 members (excludes halogenated alkanes) is 1. The molecule has 6 heteroatoms. The fourth-order valence-electron chi connectivity index (χ4n) is 2.81. The van der Waals surface area contributed by atoms with Gasteiger partial charge >= 0.3 is 0 Å². The second-order valence-corrected chi connectivity index (χ2v) is 6.50. The molecule has 0 heterocycles. The summed E-state index contributed by atoms with van der Waals surface area (Å²) < 4.78 is 0. The van der Waals surface area contributed by atoms with Crippen molar-refractivity contribution >= 4 is 23.5 Å². The van der Waals surface area contributed by atoms with Gasteiger partial charge in [0.05, 0.1) is 0 Å². The van der Waals surface area contributed by atoms with E-state index in [4.69, 9.17) is 5.21 Å². The molecule has 150 valence electrons. The smallest absolute Gasteiger partial charge is 0.267 e. The summed E-state index contributed by atoms with van der Waals surface area (Å²) in [7, 11) is 0. The number of benzene rings is 1. The lowest BCUT2D eigenvalue weighted by atomic mass is 10.0. The standard InChI is InChI=1S/C21H33N3O3/c1-4-7-8-19(25)16-18-15-17(10-12-21(26)23-27)9-11-20(18)22-13-14-24(5-2)6-3/h9-12,15,22,27H,4-8,13-14,16H2,1-3H3,(H,23,26)/b12-10+. The highest BCUT2D eigenvalue weighted by Crippen LogP contribution is 2.20. The molecule has 0 saturated carbocycles. The number of hydroxylamine groups is 1. The largest absolute Gasteiger partial charge is 0.384 e. The Balaban J connectivity index is 2.89. The first-order chi connectivity index (χ1) is 13.0. The molecule has 27 heavy (non-hydrogen) atoms. The molecule has 0 aliphatic heterocycles. The van der Waals surface area contributed by atoms with Crippen molar-refractivity contribution < 1.29 is 14.8 Å². The molecule has 0 saturated heterocycles. The van der Waals surface area contributed by atoms with Crippen LogP contribution in [0.3, 0.4) is 0 Å². The molecule has 0 radical (unpaired) electrons. The van der Waals surface area contributed by atoms with Gasteiger partial charge in [0.15, 0.2) is 0 Å². The molecule has 0 aromatic heterocycles. The number of nitrogens with one attached hydrogen (secondary N) is 2. The average Bonchev–Trinajstić information content (AvgIpc) is 2.68. The third kappa shape index (κ3) is 8.84. The van der Waals surface area contributed by atoms with E-state index in [9.17, 15) is 9.59 Å². The summed E-state index contributed by atoms with van der Waals surface area (Å²) in [4.78, 5) is 25.8. The Bertz CT molecular complexity index is 625. The number of hydrogen-bond donors (Lipinski definition) is 3. The predicted octanol–water partition coefficient (Wildman–Crippen LogP) is 3.26. The number of hydrogen-bond acceptors (Lipinski definition) is 5. The lowest BCUT2D eigenvalue weighted by Gasteiger charge is -2.19. The number of rotatable bonds is 13. The normalized spacial score (nSPS) is 11.1. The van der Waals surface area contributed by atoms with Crippen LogP contribution in [0.15, 0.2) is 24.3 Å². The van der Waals surface area contributed by atoms with Gasteiger partial charge in [0.2, 0.25) is 0 Å². The van der Waals surface area contributed by atoms with Crippen LogP contribution in [0, 0.1) is 0 Å². The molecule has 0 atom stereocenters. The fraction of sp³-hybridized carbons (Fsp3) is 0.524. The maximum absolute atomic E-state index is 12.3. The van der Waals surface area contributed by atoms with E-state index in [0.717, 1.165) is 55.8 Å². The monoisotopic (exact) mass is 375 g/mol. The summed E-state index contributed by atoms with van der Waals surface area (Å²) in [6, 6.07) is 5.76.